The van der Waals surface area contributed by atoms with Crippen LogP contribution in [0.5, 0.6) is 0 Å². The molecule has 0 spiro atoms. The zero-order valence-electron chi connectivity index (χ0n) is 12.6. The topological polar surface area (TPSA) is 15.6 Å². The van der Waals surface area contributed by atoms with E-state index in [0.717, 1.165) is 16.9 Å². The van der Waals surface area contributed by atoms with E-state index >= 15 is 0 Å². The van der Waals surface area contributed by atoms with Crippen molar-refractivity contribution in [3.05, 3.63) is 96.1 Å². The van der Waals surface area contributed by atoms with Gasteiger partial charge in [0.25, 0.3) is 0 Å². The normalized spacial score (nSPS) is 10.8. The fourth-order valence-corrected chi connectivity index (χ4v) is 2.20. The molecule has 0 saturated heterocycles. The van der Waals surface area contributed by atoms with Crippen LogP contribution in [0.15, 0.2) is 90.0 Å². The maximum atomic E-state index is 4.67. The Hall–Kier alpha value is -2.87. The van der Waals surface area contributed by atoms with E-state index in [1.54, 1.807) is 0 Å². The van der Waals surface area contributed by atoms with Crippen LogP contribution < -0.4 is 5.01 Å². The molecule has 0 fully saturated rings. The summed E-state index contributed by atoms with van der Waals surface area (Å²) in [5, 5.41) is 6.62. The van der Waals surface area contributed by atoms with Crippen molar-refractivity contribution in [1.82, 2.24) is 0 Å². The molecule has 22 heavy (non-hydrogen) atoms. The summed E-state index contributed by atoms with van der Waals surface area (Å²) in [5.41, 5.74) is 4.40. The van der Waals surface area contributed by atoms with E-state index < -0.39 is 0 Å². The van der Waals surface area contributed by atoms with Gasteiger partial charge in [-0.3, -0.25) is 0 Å². The number of nitrogens with zero attached hydrogens (tertiary/aromatic N) is 2. The first-order valence-corrected chi connectivity index (χ1v) is 7.34. The van der Waals surface area contributed by atoms with Gasteiger partial charge in [-0.05, 0) is 36.8 Å². The summed E-state index contributed by atoms with van der Waals surface area (Å²) in [4.78, 5) is 0. The molecular formula is C20H18N2. The smallest absolute Gasteiger partial charge is 0.0652 e. The van der Waals surface area contributed by atoms with Gasteiger partial charge < -0.3 is 0 Å². The molecule has 2 heteroatoms. The van der Waals surface area contributed by atoms with E-state index in [2.05, 4.69) is 48.4 Å². The van der Waals surface area contributed by atoms with Gasteiger partial charge in [-0.2, -0.15) is 5.10 Å². The average molecular weight is 286 g/mol. The van der Waals surface area contributed by atoms with Crippen molar-refractivity contribution in [3.8, 4) is 0 Å². The van der Waals surface area contributed by atoms with E-state index in [0.29, 0.717) is 0 Å². The number of rotatable bonds is 4. The first-order valence-electron chi connectivity index (χ1n) is 7.34. The lowest BCUT2D eigenvalue weighted by atomic mass is 10.2. The van der Waals surface area contributed by atoms with E-state index in [1.165, 1.54) is 5.56 Å². The molecule has 0 unspecified atom stereocenters. The van der Waals surface area contributed by atoms with Gasteiger partial charge in [-0.25, -0.2) is 5.01 Å². The molecule has 0 aromatic heterocycles. The number of hydrazone groups is 1. The Morgan fingerprint density at radius 3 is 1.86 bits per heavy atom. The summed E-state index contributed by atoms with van der Waals surface area (Å²) in [5.74, 6) is 0. The Labute approximate surface area is 131 Å². The molecule has 0 N–H and O–H groups in total. The van der Waals surface area contributed by atoms with E-state index in [-0.39, 0.29) is 0 Å². The molecule has 0 atom stereocenters. The van der Waals surface area contributed by atoms with Gasteiger partial charge in [0.2, 0.25) is 0 Å². The molecular weight excluding hydrogens is 268 g/mol. The molecule has 0 amide bonds. The molecule has 3 rings (SSSR count). The van der Waals surface area contributed by atoms with Crippen LogP contribution in [0.2, 0.25) is 0 Å². The summed E-state index contributed by atoms with van der Waals surface area (Å²) in [6, 6.07) is 28.7. The Balaban J connectivity index is 1.96. The Bertz CT molecular complexity index is 732. The molecule has 0 radical (unpaired) electrons. The molecule has 0 saturated carbocycles. The third kappa shape index (κ3) is 3.41. The van der Waals surface area contributed by atoms with Gasteiger partial charge in [-0.15, -0.1) is 0 Å². The van der Waals surface area contributed by atoms with Crippen LogP contribution in [0.4, 0.5) is 11.4 Å². The zero-order chi connectivity index (χ0) is 15.2. The molecule has 3 aromatic carbocycles. The minimum atomic E-state index is 1.04. The lowest BCUT2D eigenvalue weighted by molar-refractivity contribution is 1.09. The Morgan fingerprint density at radius 2 is 1.23 bits per heavy atom. The first kappa shape index (κ1) is 14.1. The number of para-hydroxylation sites is 1. The minimum Gasteiger partial charge on any atom is -0.234 e. The number of hydrogen-bond donors (Lipinski definition) is 0. The molecule has 2 nitrogen and oxygen atoms in total. The summed E-state index contributed by atoms with van der Waals surface area (Å²) >= 11 is 0. The lowest BCUT2D eigenvalue weighted by Gasteiger charge is -2.19. The Kier molecular flexibility index (Phi) is 4.30. The lowest BCUT2D eigenvalue weighted by Crippen LogP contribution is -2.09. The number of anilines is 2. The third-order valence-corrected chi connectivity index (χ3v) is 3.40. The molecule has 0 aliphatic heterocycles. The second-order valence-electron chi connectivity index (χ2n) is 5.14. The molecule has 0 heterocycles. The summed E-state index contributed by atoms with van der Waals surface area (Å²) in [6.07, 6.45) is 1.88. The fourth-order valence-electron chi connectivity index (χ4n) is 2.20. The highest BCUT2D eigenvalue weighted by Gasteiger charge is 2.06. The van der Waals surface area contributed by atoms with Crippen molar-refractivity contribution in [2.45, 2.75) is 6.92 Å². The van der Waals surface area contributed by atoms with Gasteiger partial charge in [0.05, 0.1) is 17.6 Å². The maximum absolute atomic E-state index is 4.67. The van der Waals surface area contributed by atoms with Crippen LogP contribution in [0.25, 0.3) is 0 Å². The van der Waals surface area contributed by atoms with Crippen LogP contribution in [0, 0.1) is 6.92 Å². The highest BCUT2D eigenvalue weighted by atomic mass is 15.5. The standard InChI is InChI=1S/C20H18N2/c1-17-12-14-20(15-13-17)22(19-10-6-3-7-11-19)21-16-18-8-4-2-5-9-18/h2-16H,1H3/b21-16-. The SMILES string of the molecule is Cc1ccc(N(/N=C\c2ccccc2)c2ccccc2)cc1. The monoisotopic (exact) mass is 286 g/mol. The van der Waals surface area contributed by atoms with Crippen LogP contribution in [0.3, 0.4) is 0 Å². The van der Waals surface area contributed by atoms with Crippen molar-refractivity contribution < 1.29 is 0 Å². The largest absolute Gasteiger partial charge is 0.234 e. The zero-order valence-corrected chi connectivity index (χ0v) is 12.6. The third-order valence-electron chi connectivity index (χ3n) is 3.40. The van der Waals surface area contributed by atoms with Crippen molar-refractivity contribution in [3.63, 3.8) is 0 Å². The highest BCUT2D eigenvalue weighted by molar-refractivity contribution is 5.81. The van der Waals surface area contributed by atoms with Crippen molar-refractivity contribution in [2.24, 2.45) is 5.10 Å². The molecule has 0 aliphatic rings. The van der Waals surface area contributed by atoms with Crippen LogP contribution >= 0.6 is 0 Å². The molecule has 108 valence electrons. The summed E-state index contributed by atoms with van der Waals surface area (Å²) in [6.45, 7) is 2.09. The molecule has 0 aliphatic carbocycles. The second-order valence-corrected chi connectivity index (χ2v) is 5.14. The van der Waals surface area contributed by atoms with Crippen LogP contribution in [-0.4, -0.2) is 6.21 Å². The quantitative estimate of drug-likeness (QED) is 0.477. The van der Waals surface area contributed by atoms with Gasteiger partial charge >= 0.3 is 0 Å². The van der Waals surface area contributed by atoms with Gasteiger partial charge in [-0.1, -0.05) is 66.2 Å². The average Bonchev–Trinajstić information content (AvgIpc) is 2.58. The maximum Gasteiger partial charge on any atom is 0.0652 e. The fraction of sp³-hybridized carbons (Fsp3) is 0.0500. The molecule has 3 aromatic rings. The van der Waals surface area contributed by atoms with Crippen molar-refractivity contribution in [1.29, 1.82) is 0 Å². The number of aryl methyl sites for hydroxylation is 1. The minimum absolute atomic E-state index is 1.04. The molecule has 0 bridgehead atoms. The van der Waals surface area contributed by atoms with Crippen molar-refractivity contribution in [2.75, 3.05) is 5.01 Å². The second kappa shape index (κ2) is 6.72. The van der Waals surface area contributed by atoms with E-state index in [9.17, 15) is 0 Å². The highest BCUT2D eigenvalue weighted by Crippen LogP contribution is 2.25. The predicted octanol–water partition coefficient (Wildman–Crippen LogP) is 5.17. The van der Waals surface area contributed by atoms with Gasteiger partial charge in [0.15, 0.2) is 0 Å². The van der Waals surface area contributed by atoms with E-state index in [1.807, 2.05) is 59.8 Å². The predicted molar refractivity (Wildman–Crippen MR) is 93.8 cm³/mol. The van der Waals surface area contributed by atoms with E-state index in [4.69, 9.17) is 0 Å². The van der Waals surface area contributed by atoms with Gasteiger partial charge in [0.1, 0.15) is 0 Å². The van der Waals surface area contributed by atoms with Gasteiger partial charge in [0, 0.05) is 0 Å². The Morgan fingerprint density at radius 1 is 0.682 bits per heavy atom. The first-order chi connectivity index (χ1) is 10.8. The van der Waals surface area contributed by atoms with Crippen LogP contribution in [0.1, 0.15) is 11.1 Å². The van der Waals surface area contributed by atoms with Crippen LogP contribution in [-0.2, 0) is 0 Å². The van der Waals surface area contributed by atoms with Crippen molar-refractivity contribution >= 4 is 17.6 Å². The summed E-state index contributed by atoms with van der Waals surface area (Å²) < 4.78 is 0. The number of hydrogen-bond acceptors (Lipinski definition) is 2. The summed E-state index contributed by atoms with van der Waals surface area (Å²) in [7, 11) is 0. The number of benzene rings is 3.